The van der Waals surface area contributed by atoms with E-state index in [-0.39, 0.29) is 6.10 Å². The van der Waals surface area contributed by atoms with Crippen molar-refractivity contribution in [2.45, 2.75) is 96.5 Å². The highest BCUT2D eigenvalue weighted by molar-refractivity contribution is 5.66. The van der Waals surface area contributed by atoms with Crippen molar-refractivity contribution in [3.63, 3.8) is 0 Å². The van der Waals surface area contributed by atoms with Crippen molar-refractivity contribution in [2.75, 3.05) is 0 Å². The van der Waals surface area contributed by atoms with Gasteiger partial charge in [-0.1, -0.05) is 64.0 Å². The fraction of sp³-hybridized carbons (Fsp3) is 0.850. The van der Waals surface area contributed by atoms with Gasteiger partial charge in [0.15, 0.2) is 0 Å². The molecule has 0 bridgehead atoms. The number of carboxylic acids is 1. The minimum absolute atomic E-state index is 0.265. The van der Waals surface area contributed by atoms with Gasteiger partial charge in [0.25, 0.3) is 0 Å². The normalized spacial score (nSPS) is 22.7. The molecule has 134 valence electrons. The van der Waals surface area contributed by atoms with Crippen LogP contribution in [0.4, 0.5) is 0 Å². The second-order valence-corrected chi connectivity index (χ2v) is 7.15. The molecule has 0 unspecified atom stereocenters. The van der Waals surface area contributed by atoms with Crippen molar-refractivity contribution in [1.29, 1.82) is 0 Å². The number of allylic oxidation sites excluding steroid dienone is 1. The van der Waals surface area contributed by atoms with E-state index in [9.17, 15) is 9.90 Å². The topological polar surface area (TPSA) is 57.5 Å². The summed E-state index contributed by atoms with van der Waals surface area (Å²) in [6.07, 6.45) is 18.1. The summed E-state index contributed by atoms with van der Waals surface area (Å²) in [4.78, 5) is 10.5. The molecular formula is C20H36O3. The fourth-order valence-electron chi connectivity index (χ4n) is 3.68. The molecule has 0 amide bonds. The Balaban J connectivity index is 2.16. The highest BCUT2D eigenvalue weighted by atomic mass is 16.4. The maximum absolute atomic E-state index is 10.5. The molecule has 23 heavy (non-hydrogen) atoms. The lowest BCUT2D eigenvalue weighted by Crippen LogP contribution is -2.08. The van der Waals surface area contributed by atoms with Crippen LogP contribution in [0.2, 0.25) is 0 Å². The monoisotopic (exact) mass is 324 g/mol. The van der Waals surface area contributed by atoms with Gasteiger partial charge in [0, 0.05) is 6.42 Å². The van der Waals surface area contributed by atoms with Crippen LogP contribution in [0, 0.1) is 11.8 Å². The summed E-state index contributed by atoms with van der Waals surface area (Å²) in [5, 5.41) is 18.6. The maximum atomic E-state index is 10.5. The van der Waals surface area contributed by atoms with Crippen molar-refractivity contribution >= 4 is 5.97 Å². The number of rotatable bonds is 13. The standard InChI is InChI=1S/C20H36O3/c1-2-3-6-13-19(21)16-15-18-12-9-11-17(18)10-7-4-5-8-14-20(22)23/h15-19,21H,2-14H2,1H3,(H,22,23)/t17-,18+,19-/m0/s1. The van der Waals surface area contributed by atoms with Gasteiger partial charge in [-0.2, -0.15) is 0 Å². The van der Waals surface area contributed by atoms with E-state index < -0.39 is 5.97 Å². The molecule has 0 spiro atoms. The van der Waals surface area contributed by atoms with Crippen LogP contribution < -0.4 is 0 Å². The third-order valence-electron chi connectivity index (χ3n) is 5.12. The Kier molecular flexibility index (Phi) is 11.1. The predicted molar refractivity (Wildman–Crippen MR) is 95.5 cm³/mol. The minimum atomic E-state index is -0.677. The smallest absolute Gasteiger partial charge is 0.303 e. The Bertz CT molecular complexity index is 338. The summed E-state index contributed by atoms with van der Waals surface area (Å²) in [7, 11) is 0. The molecule has 3 heteroatoms. The van der Waals surface area contributed by atoms with Gasteiger partial charge < -0.3 is 10.2 Å². The zero-order valence-corrected chi connectivity index (χ0v) is 14.9. The molecule has 3 atom stereocenters. The van der Waals surface area contributed by atoms with Crippen LogP contribution >= 0.6 is 0 Å². The SMILES string of the molecule is CCCCC[C@H](O)C=C[C@H]1CCC[C@@H]1CCCCCCC(=O)O. The average molecular weight is 325 g/mol. The van der Waals surface area contributed by atoms with E-state index >= 15 is 0 Å². The lowest BCUT2D eigenvalue weighted by Gasteiger charge is -2.16. The van der Waals surface area contributed by atoms with Crippen molar-refractivity contribution < 1.29 is 15.0 Å². The maximum Gasteiger partial charge on any atom is 0.303 e. The van der Waals surface area contributed by atoms with Crippen LogP contribution in [0.1, 0.15) is 90.4 Å². The summed E-state index contributed by atoms with van der Waals surface area (Å²) in [6.45, 7) is 2.19. The summed E-state index contributed by atoms with van der Waals surface area (Å²) in [5.41, 5.74) is 0. The van der Waals surface area contributed by atoms with Crippen LogP contribution in [0.15, 0.2) is 12.2 Å². The third kappa shape index (κ3) is 9.80. The number of unbranched alkanes of at least 4 members (excludes halogenated alkanes) is 5. The van der Waals surface area contributed by atoms with Gasteiger partial charge >= 0.3 is 5.97 Å². The quantitative estimate of drug-likeness (QED) is 0.356. The number of aliphatic hydroxyl groups is 1. The zero-order valence-electron chi connectivity index (χ0n) is 14.9. The number of hydrogen-bond donors (Lipinski definition) is 2. The number of carbonyl (C=O) groups is 1. The van der Waals surface area contributed by atoms with Crippen molar-refractivity contribution in [3.05, 3.63) is 12.2 Å². The molecule has 1 saturated carbocycles. The first-order valence-corrected chi connectivity index (χ1v) is 9.71. The second kappa shape index (κ2) is 12.6. The number of aliphatic carboxylic acids is 1. The summed E-state index contributed by atoms with van der Waals surface area (Å²) in [6, 6.07) is 0. The first kappa shape index (κ1) is 20.2. The molecule has 3 nitrogen and oxygen atoms in total. The Labute approximate surface area is 142 Å². The van der Waals surface area contributed by atoms with Gasteiger partial charge in [-0.25, -0.2) is 0 Å². The minimum Gasteiger partial charge on any atom is -0.481 e. The second-order valence-electron chi connectivity index (χ2n) is 7.15. The Morgan fingerprint density at radius 2 is 1.91 bits per heavy atom. The predicted octanol–water partition coefficient (Wildman–Crippen LogP) is 5.33. The van der Waals surface area contributed by atoms with Gasteiger partial charge in [-0.15, -0.1) is 0 Å². The number of hydrogen-bond acceptors (Lipinski definition) is 2. The van der Waals surface area contributed by atoms with E-state index in [0.29, 0.717) is 12.3 Å². The van der Waals surface area contributed by atoms with Crippen LogP contribution in [-0.4, -0.2) is 22.3 Å². The number of aliphatic hydroxyl groups excluding tert-OH is 1. The van der Waals surface area contributed by atoms with E-state index in [1.54, 1.807) is 0 Å². The molecule has 0 heterocycles. The Morgan fingerprint density at radius 1 is 1.13 bits per heavy atom. The molecule has 1 rings (SSSR count). The largest absolute Gasteiger partial charge is 0.481 e. The highest BCUT2D eigenvalue weighted by Crippen LogP contribution is 2.36. The average Bonchev–Trinajstić information content (AvgIpc) is 2.96. The molecule has 1 fully saturated rings. The number of carboxylic acid groups (broad SMARTS) is 1. The zero-order chi connectivity index (χ0) is 16.9. The fourth-order valence-corrected chi connectivity index (χ4v) is 3.68. The Hall–Kier alpha value is -0.830. The summed E-state index contributed by atoms with van der Waals surface area (Å²) < 4.78 is 0. The first-order chi connectivity index (χ1) is 11.1. The molecule has 0 aromatic carbocycles. The van der Waals surface area contributed by atoms with Gasteiger partial charge in [0.1, 0.15) is 0 Å². The summed E-state index contributed by atoms with van der Waals surface area (Å²) >= 11 is 0. The van der Waals surface area contributed by atoms with E-state index in [2.05, 4.69) is 13.0 Å². The van der Waals surface area contributed by atoms with E-state index in [4.69, 9.17) is 5.11 Å². The lowest BCUT2D eigenvalue weighted by atomic mass is 9.89. The van der Waals surface area contributed by atoms with Crippen LogP contribution in [0.3, 0.4) is 0 Å². The van der Waals surface area contributed by atoms with Crippen LogP contribution in [0.25, 0.3) is 0 Å². The van der Waals surface area contributed by atoms with E-state index in [1.165, 1.54) is 44.9 Å². The van der Waals surface area contributed by atoms with E-state index in [0.717, 1.165) is 38.0 Å². The third-order valence-corrected chi connectivity index (χ3v) is 5.12. The summed E-state index contributed by atoms with van der Waals surface area (Å²) in [5.74, 6) is 0.742. The molecule has 2 N–H and O–H groups in total. The first-order valence-electron chi connectivity index (χ1n) is 9.71. The van der Waals surface area contributed by atoms with E-state index in [1.807, 2.05) is 6.08 Å². The van der Waals surface area contributed by atoms with Crippen LogP contribution in [0.5, 0.6) is 0 Å². The lowest BCUT2D eigenvalue weighted by molar-refractivity contribution is -0.137. The van der Waals surface area contributed by atoms with Crippen LogP contribution in [-0.2, 0) is 4.79 Å². The molecule has 1 aliphatic rings. The van der Waals surface area contributed by atoms with Gasteiger partial charge in [0.2, 0.25) is 0 Å². The van der Waals surface area contributed by atoms with Gasteiger partial charge in [-0.3, -0.25) is 4.79 Å². The highest BCUT2D eigenvalue weighted by Gasteiger charge is 2.24. The molecular weight excluding hydrogens is 288 g/mol. The van der Waals surface area contributed by atoms with Gasteiger partial charge in [-0.05, 0) is 43.9 Å². The molecule has 0 aromatic heterocycles. The molecule has 0 aliphatic heterocycles. The molecule has 0 saturated heterocycles. The molecule has 0 aromatic rings. The molecule has 1 aliphatic carbocycles. The van der Waals surface area contributed by atoms with Crippen molar-refractivity contribution in [3.8, 4) is 0 Å². The Morgan fingerprint density at radius 3 is 2.65 bits per heavy atom. The van der Waals surface area contributed by atoms with Gasteiger partial charge in [0.05, 0.1) is 6.10 Å². The van der Waals surface area contributed by atoms with Crippen molar-refractivity contribution in [2.24, 2.45) is 11.8 Å². The molecule has 0 radical (unpaired) electrons. The van der Waals surface area contributed by atoms with Crippen molar-refractivity contribution in [1.82, 2.24) is 0 Å².